The molecule has 0 aromatic carbocycles. The quantitative estimate of drug-likeness (QED) is 0.824. The van der Waals surface area contributed by atoms with Crippen molar-refractivity contribution < 1.29 is 26.7 Å². The summed E-state index contributed by atoms with van der Waals surface area (Å²) >= 11 is 0. The number of halogens is 3. The van der Waals surface area contributed by atoms with Crippen molar-refractivity contribution in [3.63, 3.8) is 0 Å². The molecule has 0 saturated carbocycles. The highest BCUT2D eigenvalue weighted by Gasteiger charge is 2.31. The van der Waals surface area contributed by atoms with Crippen molar-refractivity contribution in [2.24, 2.45) is 0 Å². The van der Waals surface area contributed by atoms with E-state index in [0.717, 1.165) is 13.2 Å². The first-order valence-corrected chi connectivity index (χ1v) is 6.28. The number of aliphatic hydroxyl groups is 1. The van der Waals surface area contributed by atoms with E-state index in [1.165, 1.54) is 0 Å². The van der Waals surface area contributed by atoms with Crippen LogP contribution in [0.15, 0.2) is 11.2 Å². The Hall–Kier alpha value is -1.13. The van der Waals surface area contributed by atoms with Gasteiger partial charge in [-0.15, -0.1) is 0 Å². The third-order valence-electron chi connectivity index (χ3n) is 2.23. The van der Waals surface area contributed by atoms with Crippen molar-refractivity contribution >= 4 is 10.0 Å². The Morgan fingerprint density at radius 3 is 2.61 bits per heavy atom. The fraction of sp³-hybridized carbons (Fsp3) is 0.625. The molecular formula is C8H12F3N3O3S. The molecule has 0 spiro atoms. The highest BCUT2D eigenvalue weighted by molar-refractivity contribution is 7.89. The molecule has 0 unspecified atom stereocenters. The van der Waals surface area contributed by atoms with Crippen molar-refractivity contribution in [2.75, 3.05) is 13.6 Å². The van der Waals surface area contributed by atoms with Gasteiger partial charge in [0.1, 0.15) is 0 Å². The van der Waals surface area contributed by atoms with Crippen LogP contribution in [0.3, 0.4) is 0 Å². The number of rotatable bonds is 5. The van der Waals surface area contributed by atoms with Crippen LogP contribution in [-0.4, -0.2) is 47.8 Å². The number of aliphatic hydroxyl groups excluding tert-OH is 1. The second-order valence-electron chi connectivity index (χ2n) is 3.57. The summed E-state index contributed by atoms with van der Waals surface area (Å²) in [5, 5.41) is 14.1. The number of hydrogen-bond donors (Lipinski definition) is 2. The first-order valence-electron chi connectivity index (χ1n) is 4.84. The zero-order valence-corrected chi connectivity index (χ0v) is 10.2. The van der Waals surface area contributed by atoms with E-state index in [-0.39, 0.29) is 5.56 Å². The van der Waals surface area contributed by atoms with E-state index in [4.69, 9.17) is 5.11 Å². The van der Waals surface area contributed by atoms with Gasteiger partial charge in [-0.2, -0.15) is 22.6 Å². The van der Waals surface area contributed by atoms with Gasteiger partial charge in [-0.1, -0.05) is 0 Å². The summed E-state index contributed by atoms with van der Waals surface area (Å²) < 4.78 is 60.3. The van der Waals surface area contributed by atoms with Crippen LogP contribution in [0, 0.1) is 0 Å². The zero-order valence-electron chi connectivity index (χ0n) is 9.40. The smallest absolute Gasteiger partial charge is 0.390 e. The minimum absolute atomic E-state index is 0.00820. The van der Waals surface area contributed by atoms with Crippen LogP contribution in [-0.2, 0) is 16.6 Å². The topological polar surface area (TPSA) is 86.3 Å². The standard InChI is InChI=1S/C8H12F3N3O3S/c1-14(3-2-8(9,10)11)18(16,17)7-6(5-15)4-12-13-7/h4,15H,2-3,5H2,1H3,(H,12,13). The molecule has 104 valence electrons. The van der Waals surface area contributed by atoms with Gasteiger partial charge >= 0.3 is 6.18 Å². The molecule has 0 saturated heterocycles. The molecular weight excluding hydrogens is 275 g/mol. The molecule has 0 amide bonds. The summed E-state index contributed by atoms with van der Waals surface area (Å²) in [6, 6.07) is 0. The Labute approximate surface area is 101 Å². The number of nitrogens with zero attached hydrogens (tertiary/aromatic N) is 2. The molecule has 1 heterocycles. The molecule has 0 fully saturated rings. The van der Waals surface area contributed by atoms with Gasteiger partial charge in [-0.3, -0.25) is 5.10 Å². The molecule has 0 aliphatic rings. The normalized spacial score (nSPS) is 13.2. The zero-order chi connectivity index (χ0) is 14.0. The first-order chi connectivity index (χ1) is 8.18. The van der Waals surface area contributed by atoms with Crippen molar-refractivity contribution in [3.8, 4) is 0 Å². The van der Waals surface area contributed by atoms with Crippen LogP contribution in [0.1, 0.15) is 12.0 Å². The lowest BCUT2D eigenvalue weighted by Gasteiger charge is -2.17. The Kier molecular flexibility index (Phi) is 4.35. The maximum absolute atomic E-state index is 12.0. The van der Waals surface area contributed by atoms with E-state index < -0.39 is 40.8 Å². The largest absolute Gasteiger partial charge is 0.392 e. The third kappa shape index (κ3) is 3.43. The molecule has 1 rings (SSSR count). The summed E-state index contributed by atoms with van der Waals surface area (Å²) in [5.74, 6) is 0. The second-order valence-corrected chi connectivity index (χ2v) is 5.56. The fourth-order valence-electron chi connectivity index (χ4n) is 1.20. The summed E-state index contributed by atoms with van der Waals surface area (Å²) in [6.07, 6.45) is -4.58. The average molecular weight is 287 g/mol. The Morgan fingerprint density at radius 1 is 1.50 bits per heavy atom. The molecule has 0 atom stereocenters. The van der Waals surface area contributed by atoms with Gasteiger partial charge in [0.2, 0.25) is 0 Å². The highest BCUT2D eigenvalue weighted by atomic mass is 32.2. The van der Waals surface area contributed by atoms with Crippen molar-refractivity contribution in [2.45, 2.75) is 24.2 Å². The predicted molar refractivity (Wildman–Crippen MR) is 55.0 cm³/mol. The van der Waals surface area contributed by atoms with Crippen LogP contribution < -0.4 is 0 Å². The summed E-state index contributed by atoms with van der Waals surface area (Å²) in [5.41, 5.74) is 0.00820. The van der Waals surface area contributed by atoms with Gasteiger partial charge in [-0.25, -0.2) is 8.42 Å². The molecule has 2 N–H and O–H groups in total. The maximum atomic E-state index is 12.0. The number of aromatic amines is 1. The minimum atomic E-state index is -4.43. The molecule has 1 aromatic rings. The molecule has 1 aromatic heterocycles. The van der Waals surface area contributed by atoms with Gasteiger partial charge in [-0.05, 0) is 0 Å². The minimum Gasteiger partial charge on any atom is -0.392 e. The third-order valence-corrected chi connectivity index (χ3v) is 4.10. The van der Waals surface area contributed by atoms with Crippen LogP contribution in [0.5, 0.6) is 0 Å². The highest BCUT2D eigenvalue weighted by Crippen LogP contribution is 2.22. The van der Waals surface area contributed by atoms with Gasteiger partial charge in [0.05, 0.1) is 19.2 Å². The van der Waals surface area contributed by atoms with Crippen LogP contribution in [0.2, 0.25) is 0 Å². The number of aromatic nitrogens is 2. The van der Waals surface area contributed by atoms with Gasteiger partial charge in [0.15, 0.2) is 5.03 Å². The number of alkyl halides is 3. The van der Waals surface area contributed by atoms with Gasteiger partial charge < -0.3 is 5.11 Å². The van der Waals surface area contributed by atoms with E-state index in [9.17, 15) is 21.6 Å². The van der Waals surface area contributed by atoms with Gasteiger partial charge in [0, 0.05) is 19.2 Å². The monoisotopic (exact) mass is 287 g/mol. The van der Waals surface area contributed by atoms with Crippen molar-refractivity contribution in [3.05, 3.63) is 11.8 Å². The SMILES string of the molecule is CN(CCC(F)(F)F)S(=O)(=O)c1[nH]ncc1CO. The number of H-pyrrole nitrogens is 1. The maximum Gasteiger partial charge on any atom is 0.390 e. The Morgan fingerprint density at radius 2 is 2.11 bits per heavy atom. The first kappa shape index (κ1) is 14.9. The van der Waals surface area contributed by atoms with E-state index in [1.807, 2.05) is 0 Å². The molecule has 0 aliphatic carbocycles. The fourth-order valence-corrected chi connectivity index (χ4v) is 2.46. The molecule has 18 heavy (non-hydrogen) atoms. The van der Waals surface area contributed by atoms with E-state index in [2.05, 4.69) is 10.2 Å². The Balaban J connectivity index is 2.87. The molecule has 10 heteroatoms. The summed E-state index contributed by atoms with van der Waals surface area (Å²) in [7, 11) is -3.07. The molecule has 0 bridgehead atoms. The van der Waals surface area contributed by atoms with Crippen molar-refractivity contribution in [1.29, 1.82) is 0 Å². The number of hydrogen-bond acceptors (Lipinski definition) is 4. The van der Waals surface area contributed by atoms with Gasteiger partial charge in [0.25, 0.3) is 10.0 Å². The molecule has 0 aliphatic heterocycles. The predicted octanol–water partition coefficient (Wildman–Crippen LogP) is 0.475. The van der Waals surface area contributed by atoms with Crippen LogP contribution in [0.4, 0.5) is 13.2 Å². The Bertz CT molecular complexity index is 497. The molecule has 0 radical (unpaired) electrons. The van der Waals surface area contributed by atoms with Crippen LogP contribution in [0.25, 0.3) is 0 Å². The lowest BCUT2D eigenvalue weighted by molar-refractivity contribution is -0.135. The second kappa shape index (κ2) is 5.24. The van der Waals surface area contributed by atoms with E-state index in [1.54, 1.807) is 0 Å². The summed E-state index contributed by atoms with van der Waals surface area (Å²) in [6.45, 7) is -1.27. The lowest BCUT2D eigenvalue weighted by atomic mass is 10.4. The van der Waals surface area contributed by atoms with Crippen molar-refractivity contribution in [1.82, 2.24) is 14.5 Å². The summed E-state index contributed by atoms with van der Waals surface area (Å²) in [4.78, 5) is 0. The number of sulfonamides is 1. The molecule has 6 nitrogen and oxygen atoms in total. The van der Waals surface area contributed by atoms with Crippen LogP contribution >= 0.6 is 0 Å². The average Bonchev–Trinajstić information content (AvgIpc) is 2.73. The van der Waals surface area contributed by atoms with E-state index >= 15 is 0 Å². The lowest BCUT2D eigenvalue weighted by Crippen LogP contribution is -2.31. The number of nitrogens with one attached hydrogen (secondary N) is 1. The van der Waals surface area contributed by atoms with E-state index in [0.29, 0.717) is 4.31 Å².